The Bertz CT molecular complexity index is 664. The van der Waals surface area contributed by atoms with Crippen molar-refractivity contribution in [3.8, 4) is 0 Å². The van der Waals surface area contributed by atoms with Crippen LogP contribution in [-0.4, -0.2) is 43.5 Å². The van der Waals surface area contributed by atoms with E-state index in [0.717, 1.165) is 11.3 Å². The summed E-state index contributed by atoms with van der Waals surface area (Å²) in [5, 5.41) is 6.51. The van der Waals surface area contributed by atoms with Crippen molar-refractivity contribution in [2.24, 2.45) is 4.99 Å². The van der Waals surface area contributed by atoms with E-state index in [1.54, 1.807) is 25.4 Å². The Labute approximate surface area is 165 Å². The van der Waals surface area contributed by atoms with Gasteiger partial charge in [-0.15, -0.1) is 24.0 Å². The number of nitrogens with one attached hydrogen (secondary N) is 2. The van der Waals surface area contributed by atoms with Gasteiger partial charge in [-0.1, -0.05) is 18.2 Å². The molecular formula is C18H25FIN5. The molecular weight excluding hydrogens is 432 g/mol. The van der Waals surface area contributed by atoms with E-state index in [-0.39, 0.29) is 35.8 Å². The summed E-state index contributed by atoms with van der Waals surface area (Å²) in [4.78, 5) is 10.5. The normalized spacial score (nSPS) is 12.4. The fraction of sp³-hybridized carbons (Fsp3) is 0.333. The van der Waals surface area contributed by atoms with Crippen molar-refractivity contribution < 1.29 is 4.39 Å². The van der Waals surface area contributed by atoms with E-state index in [0.29, 0.717) is 19.0 Å². The number of aliphatic imine (C=N–C) groups is 1. The molecule has 0 aliphatic heterocycles. The molecule has 0 aliphatic carbocycles. The predicted molar refractivity (Wildman–Crippen MR) is 111 cm³/mol. The third kappa shape index (κ3) is 6.95. The largest absolute Gasteiger partial charge is 0.354 e. The first-order valence-electron chi connectivity index (χ1n) is 7.86. The molecule has 1 aromatic carbocycles. The monoisotopic (exact) mass is 457 g/mol. The Kier molecular flexibility index (Phi) is 9.36. The Morgan fingerprint density at radius 1 is 1.20 bits per heavy atom. The lowest BCUT2D eigenvalue weighted by Gasteiger charge is -2.26. The van der Waals surface area contributed by atoms with Crippen LogP contribution in [0.15, 0.2) is 53.7 Å². The third-order valence-electron chi connectivity index (χ3n) is 3.71. The summed E-state index contributed by atoms with van der Waals surface area (Å²) >= 11 is 0. The van der Waals surface area contributed by atoms with E-state index in [1.807, 2.05) is 43.3 Å². The number of rotatable bonds is 6. The van der Waals surface area contributed by atoms with Gasteiger partial charge in [0.05, 0.1) is 18.3 Å². The van der Waals surface area contributed by atoms with E-state index in [2.05, 4.69) is 20.6 Å². The standard InChI is InChI=1S/C18H24FN5.HI/c1-20-18(22-12-16-9-4-5-10-21-16)23-13-17(24(2)3)14-7-6-8-15(19)11-14;/h4-11,17H,12-13H2,1-3H3,(H2,20,22,23);1H. The molecule has 2 rings (SSSR count). The van der Waals surface area contributed by atoms with Crippen molar-refractivity contribution in [2.75, 3.05) is 27.7 Å². The van der Waals surface area contributed by atoms with Crippen LogP contribution in [0.25, 0.3) is 0 Å². The zero-order valence-corrected chi connectivity index (χ0v) is 17.1. The molecule has 0 amide bonds. The number of guanidine groups is 1. The van der Waals surface area contributed by atoms with Crippen molar-refractivity contribution in [1.82, 2.24) is 20.5 Å². The Hall–Kier alpha value is -1.74. The van der Waals surface area contributed by atoms with Crippen molar-refractivity contribution >= 4 is 29.9 Å². The minimum Gasteiger partial charge on any atom is -0.354 e. The van der Waals surface area contributed by atoms with Crippen molar-refractivity contribution in [3.63, 3.8) is 0 Å². The molecule has 2 aromatic rings. The number of benzene rings is 1. The van der Waals surface area contributed by atoms with Crippen LogP contribution in [0.2, 0.25) is 0 Å². The van der Waals surface area contributed by atoms with Gasteiger partial charge in [0.2, 0.25) is 0 Å². The van der Waals surface area contributed by atoms with Crippen LogP contribution < -0.4 is 10.6 Å². The molecule has 0 radical (unpaired) electrons. The van der Waals surface area contributed by atoms with Gasteiger partial charge in [-0.2, -0.15) is 0 Å². The van der Waals surface area contributed by atoms with E-state index >= 15 is 0 Å². The van der Waals surface area contributed by atoms with Crippen LogP contribution >= 0.6 is 24.0 Å². The molecule has 0 fully saturated rings. The molecule has 1 atom stereocenters. The molecule has 0 saturated carbocycles. The first-order chi connectivity index (χ1) is 11.6. The summed E-state index contributed by atoms with van der Waals surface area (Å²) in [5.74, 6) is 0.459. The lowest BCUT2D eigenvalue weighted by molar-refractivity contribution is 0.297. The highest BCUT2D eigenvalue weighted by Crippen LogP contribution is 2.18. The fourth-order valence-corrected chi connectivity index (χ4v) is 2.40. The van der Waals surface area contributed by atoms with E-state index < -0.39 is 0 Å². The number of nitrogens with zero attached hydrogens (tertiary/aromatic N) is 3. The minimum absolute atomic E-state index is 0. The Morgan fingerprint density at radius 3 is 2.60 bits per heavy atom. The summed E-state index contributed by atoms with van der Waals surface area (Å²) in [7, 11) is 5.67. The smallest absolute Gasteiger partial charge is 0.191 e. The van der Waals surface area contributed by atoms with Gasteiger partial charge in [0.1, 0.15) is 5.82 Å². The molecule has 1 unspecified atom stereocenters. The average molecular weight is 457 g/mol. The average Bonchev–Trinajstić information content (AvgIpc) is 2.58. The second-order valence-corrected chi connectivity index (χ2v) is 5.66. The summed E-state index contributed by atoms with van der Waals surface area (Å²) < 4.78 is 13.5. The predicted octanol–water partition coefficient (Wildman–Crippen LogP) is 2.81. The summed E-state index contributed by atoms with van der Waals surface area (Å²) in [5.41, 5.74) is 1.86. The topological polar surface area (TPSA) is 52.6 Å². The van der Waals surface area contributed by atoms with Crippen LogP contribution in [0.4, 0.5) is 4.39 Å². The van der Waals surface area contributed by atoms with Crippen LogP contribution in [0, 0.1) is 5.82 Å². The number of hydrogen-bond donors (Lipinski definition) is 2. The maximum absolute atomic E-state index is 13.5. The van der Waals surface area contributed by atoms with Gasteiger partial charge in [-0.05, 0) is 43.9 Å². The van der Waals surface area contributed by atoms with E-state index in [1.165, 1.54) is 6.07 Å². The van der Waals surface area contributed by atoms with Crippen molar-refractivity contribution in [1.29, 1.82) is 0 Å². The van der Waals surface area contributed by atoms with Gasteiger partial charge in [-0.3, -0.25) is 9.98 Å². The molecule has 25 heavy (non-hydrogen) atoms. The zero-order valence-electron chi connectivity index (χ0n) is 14.7. The molecule has 1 aromatic heterocycles. The maximum atomic E-state index is 13.5. The molecule has 136 valence electrons. The number of pyridine rings is 1. The molecule has 7 heteroatoms. The molecule has 0 aliphatic rings. The highest BCUT2D eigenvalue weighted by atomic mass is 127. The van der Waals surface area contributed by atoms with Gasteiger partial charge in [0.25, 0.3) is 0 Å². The lowest BCUT2D eigenvalue weighted by atomic mass is 10.1. The highest BCUT2D eigenvalue weighted by molar-refractivity contribution is 14.0. The van der Waals surface area contributed by atoms with Gasteiger partial charge in [-0.25, -0.2) is 4.39 Å². The number of halogens is 2. The first-order valence-corrected chi connectivity index (χ1v) is 7.86. The number of hydrogen-bond acceptors (Lipinski definition) is 3. The van der Waals surface area contributed by atoms with E-state index in [9.17, 15) is 4.39 Å². The van der Waals surface area contributed by atoms with Gasteiger partial charge in [0.15, 0.2) is 5.96 Å². The summed E-state index contributed by atoms with van der Waals surface area (Å²) in [6.07, 6.45) is 1.76. The van der Waals surface area contributed by atoms with Gasteiger partial charge >= 0.3 is 0 Å². The fourth-order valence-electron chi connectivity index (χ4n) is 2.40. The second kappa shape index (κ2) is 11.0. The molecule has 5 nitrogen and oxygen atoms in total. The Balaban J connectivity index is 0.00000312. The highest BCUT2D eigenvalue weighted by Gasteiger charge is 2.15. The van der Waals surface area contributed by atoms with E-state index in [4.69, 9.17) is 0 Å². The zero-order chi connectivity index (χ0) is 17.4. The first kappa shape index (κ1) is 21.3. The van der Waals surface area contributed by atoms with Crippen LogP contribution in [0.3, 0.4) is 0 Å². The van der Waals surface area contributed by atoms with Crippen LogP contribution in [-0.2, 0) is 6.54 Å². The SMILES string of the molecule is CN=C(NCc1ccccn1)NCC(c1cccc(F)c1)N(C)C.I. The molecule has 2 N–H and O–H groups in total. The lowest BCUT2D eigenvalue weighted by Crippen LogP contribution is -2.41. The van der Waals surface area contributed by atoms with Crippen molar-refractivity contribution in [2.45, 2.75) is 12.6 Å². The molecule has 1 heterocycles. The Morgan fingerprint density at radius 2 is 2.00 bits per heavy atom. The van der Waals surface area contributed by atoms with Crippen LogP contribution in [0.1, 0.15) is 17.3 Å². The molecule has 0 saturated heterocycles. The molecule has 0 spiro atoms. The minimum atomic E-state index is -0.225. The van der Waals surface area contributed by atoms with Gasteiger partial charge in [0, 0.05) is 19.8 Å². The number of likely N-dealkylation sites (N-methyl/N-ethyl adjacent to an activating group) is 1. The third-order valence-corrected chi connectivity index (χ3v) is 3.71. The molecule has 0 bridgehead atoms. The van der Waals surface area contributed by atoms with Crippen LogP contribution in [0.5, 0.6) is 0 Å². The van der Waals surface area contributed by atoms with Crippen molar-refractivity contribution in [3.05, 3.63) is 65.7 Å². The maximum Gasteiger partial charge on any atom is 0.191 e. The number of aromatic nitrogens is 1. The summed E-state index contributed by atoms with van der Waals surface area (Å²) in [6.45, 7) is 1.20. The second-order valence-electron chi connectivity index (χ2n) is 5.66. The quantitative estimate of drug-likeness (QED) is 0.398. The van der Waals surface area contributed by atoms with Gasteiger partial charge < -0.3 is 15.5 Å². The summed E-state index contributed by atoms with van der Waals surface area (Å²) in [6, 6.07) is 12.5.